The second-order valence-corrected chi connectivity index (χ2v) is 8.14. The average molecular weight is 364 g/mol. The first-order valence-electron chi connectivity index (χ1n) is 9.88. The van der Waals surface area contributed by atoms with E-state index in [1.165, 1.54) is 12.0 Å². The van der Waals surface area contributed by atoms with Crippen molar-refractivity contribution in [2.45, 2.75) is 37.1 Å². The van der Waals surface area contributed by atoms with Crippen LogP contribution in [0.1, 0.15) is 36.3 Å². The molecule has 2 aromatic rings. The van der Waals surface area contributed by atoms with E-state index in [9.17, 15) is 9.90 Å². The van der Waals surface area contributed by atoms with Gasteiger partial charge in [0.15, 0.2) is 0 Å². The van der Waals surface area contributed by atoms with Gasteiger partial charge in [0, 0.05) is 25.2 Å². The van der Waals surface area contributed by atoms with Gasteiger partial charge in [-0.1, -0.05) is 42.5 Å². The third-order valence-electron chi connectivity index (χ3n) is 6.51. The molecule has 4 rings (SSSR count). The van der Waals surface area contributed by atoms with Crippen LogP contribution in [0.3, 0.4) is 0 Å². The standard InChI is InChI=1S/C23H28N2O2/c1-24-17-20(19-7-3-2-4-8-19)16-23(24)10-12-25(13-11-23)22(27)15-18-6-5-9-21(26)14-18/h2-9,14,20,26H,10-13,15-17H2,1H3. The Morgan fingerprint density at radius 1 is 1.11 bits per heavy atom. The maximum absolute atomic E-state index is 12.7. The fourth-order valence-electron chi connectivity index (χ4n) is 4.86. The molecule has 2 aromatic carbocycles. The van der Waals surface area contributed by atoms with Crippen molar-refractivity contribution < 1.29 is 9.90 Å². The van der Waals surface area contributed by atoms with E-state index in [4.69, 9.17) is 0 Å². The number of carbonyl (C=O) groups excluding carboxylic acids is 1. The number of likely N-dealkylation sites (tertiary alicyclic amines) is 2. The van der Waals surface area contributed by atoms with Gasteiger partial charge in [-0.15, -0.1) is 0 Å². The second-order valence-electron chi connectivity index (χ2n) is 8.14. The Kier molecular flexibility index (Phi) is 4.92. The number of piperidine rings is 1. The van der Waals surface area contributed by atoms with Gasteiger partial charge < -0.3 is 10.0 Å². The third-order valence-corrected chi connectivity index (χ3v) is 6.51. The van der Waals surface area contributed by atoms with Crippen LogP contribution in [0.4, 0.5) is 0 Å². The molecule has 0 bridgehead atoms. The van der Waals surface area contributed by atoms with Crippen LogP contribution in [-0.2, 0) is 11.2 Å². The Labute approximate surface area is 161 Å². The number of carbonyl (C=O) groups is 1. The normalized spacial score (nSPS) is 22.3. The van der Waals surface area contributed by atoms with Crippen molar-refractivity contribution in [3.05, 3.63) is 65.7 Å². The fraction of sp³-hybridized carbons (Fsp3) is 0.435. The fourth-order valence-corrected chi connectivity index (χ4v) is 4.86. The average Bonchev–Trinajstić information content (AvgIpc) is 2.99. The van der Waals surface area contributed by atoms with Crippen LogP contribution in [0.25, 0.3) is 0 Å². The van der Waals surface area contributed by atoms with Crippen molar-refractivity contribution in [3.63, 3.8) is 0 Å². The third kappa shape index (κ3) is 3.72. The predicted molar refractivity (Wildman–Crippen MR) is 107 cm³/mol. The quantitative estimate of drug-likeness (QED) is 0.908. The molecule has 27 heavy (non-hydrogen) atoms. The molecule has 2 aliphatic rings. The molecule has 1 spiro atoms. The molecule has 2 heterocycles. The highest BCUT2D eigenvalue weighted by Gasteiger charge is 2.46. The Balaban J connectivity index is 1.37. The minimum atomic E-state index is 0.163. The summed E-state index contributed by atoms with van der Waals surface area (Å²) in [5.41, 5.74) is 2.54. The molecule has 0 aliphatic carbocycles. The minimum Gasteiger partial charge on any atom is -0.508 e. The number of hydrogen-bond donors (Lipinski definition) is 1. The van der Waals surface area contributed by atoms with Crippen molar-refractivity contribution in [1.82, 2.24) is 9.80 Å². The number of benzene rings is 2. The monoisotopic (exact) mass is 364 g/mol. The number of likely N-dealkylation sites (N-methyl/N-ethyl adjacent to an activating group) is 1. The van der Waals surface area contributed by atoms with Gasteiger partial charge in [0.05, 0.1) is 6.42 Å². The van der Waals surface area contributed by atoms with E-state index in [1.54, 1.807) is 18.2 Å². The zero-order chi connectivity index (χ0) is 18.9. The number of hydrogen-bond acceptors (Lipinski definition) is 3. The van der Waals surface area contributed by atoms with Crippen LogP contribution < -0.4 is 0 Å². The van der Waals surface area contributed by atoms with E-state index in [1.807, 2.05) is 11.0 Å². The Bertz CT molecular complexity index is 797. The summed E-state index contributed by atoms with van der Waals surface area (Å²) in [7, 11) is 2.24. The van der Waals surface area contributed by atoms with Crippen LogP contribution in [0, 0.1) is 0 Å². The number of phenolic OH excluding ortho intramolecular Hbond substituents is 1. The van der Waals surface area contributed by atoms with Crippen molar-refractivity contribution in [2.24, 2.45) is 0 Å². The van der Waals surface area contributed by atoms with Crippen molar-refractivity contribution in [1.29, 1.82) is 0 Å². The molecule has 4 nitrogen and oxygen atoms in total. The van der Waals surface area contributed by atoms with Gasteiger partial charge in [0.25, 0.3) is 0 Å². The Morgan fingerprint density at radius 2 is 1.85 bits per heavy atom. The SMILES string of the molecule is CN1CC(c2ccccc2)CC12CCN(C(=O)Cc1cccc(O)c1)CC2. The molecule has 2 aliphatic heterocycles. The zero-order valence-corrected chi connectivity index (χ0v) is 16.0. The molecule has 2 fully saturated rings. The Morgan fingerprint density at radius 3 is 2.56 bits per heavy atom. The molecule has 0 saturated carbocycles. The summed E-state index contributed by atoms with van der Waals surface area (Å²) in [6.07, 6.45) is 3.63. The number of nitrogens with zero attached hydrogens (tertiary/aromatic N) is 2. The maximum Gasteiger partial charge on any atom is 0.226 e. The number of amides is 1. The van der Waals surface area contributed by atoms with Crippen molar-refractivity contribution in [2.75, 3.05) is 26.7 Å². The van der Waals surface area contributed by atoms with Gasteiger partial charge in [-0.05, 0) is 55.5 Å². The van der Waals surface area contributed by atoms with Crippen LogP contribution in [-0.4, -0.2) is 53.0 Å². The summed E-state index contributed by atoms with van der Waals surface area (Å²) in [6.45, 7) is 2.74. The first kappa shape index (κ1) is 18.1. The van der Waals surface area contributed by atoms with E-state index in [-0.39, 0.29) is 17.2 Å². The first-order valence-corrected chi connectivity index (χ1v) is 9.88. The molecule has 0 aromatic heterocycles. The molecular formula is C23H28N2O2. The van der Waals surface area contributed by atoms with E-state index in [0.29, 0.717) is 12.3 Å². The summed E-state index contributed by atoms with van der Waals surface area (Å²) in [5.74, 6) is 0.971. The lowest BCUT2D eigenvalue weighted by Crippen LogP contribution is -2.52. The number of aromatic hydroxyl groups is 1. The predicted octanol–water partition coefficient (Wildman–Crippen LogP) is 3.42. The van der Waals surface area contributed by atoms with Crippen LogP contribution in [0.15, 0.2) is 54.6 Å². The van der Waals surface area contributed by atoms with Gasteiger partial charge in [-0.2, -0.15) is 0 Å². The van der Waals surface area contributed by atoms with E-state index < -0.39 is 0 Å². The lowest BCUT2D eigenvalue weighted by atomic mass is 9.81. The number of rotatable bonds is 3. The Hall–Kier alpha value is -2.33. The molecule has 142 valence electrons. The minimum absolute atomic E-state index is 0.163. The molecule has 1 amide bonds. The molecule has 1 atom stereocenters. The van der Waals surface area contributed by atoms with E-state index in [2.05, 4.69) is 42.3 Å². The second kappa shape index (κ2) is 7.35. The van der Waals surface area contributed by atoms with Gasteiger partial charge in [0.2, 0.25) is 5.91 Å². The van der Waals surface area contributed by atoms with Crippen molar-refractivity contribution >= 4 is 5.91 Å². The van der Waals surface area contributed by atoms with Crippen LogP contribution in [0.2, 0.25) is 0 Å². The molecule has 1 N–H and O–H groups in total. The molecule has 4 heteroatoms. The van der Waals surface area contributed by atoms with Crippen LogP contribution >= 0.6 is 0 Å². The van der Waals surface area contributed by atoms with Gasteiger partial charge >= 0.3 is 0 Å². The highest BCUT2D eigenvalue weighted by atomic mass is 16.3. The molecule has 0 radical (unpaired) electrons. The van der Waals surface area contributed by atoms with Gasteiger partial charge in [-0.3, -0.25) is 9.69 Å². The van der Waals surface area contributed by atoms with Crippen LogP contribution in [0.5, 0.6) is 5.75 Å². The lowest BCUT2D eigenvalue weighted by Gasteiger charge is -2.43. The molecule has 2 saturated heterocycles. The van der Waals surface area contributed by atoms with E-state index >= 15 is 0 Å². The summed E-state index contributed by atoms with van der Waals surface area (Å²) in [6, 6.07) is 17.8. The molecular weight excluding hydrogens is 336 g/mol. The summed E-state index contributed by atoms with van der Waals surface area (Å²) in [4.78, 5) is 17.2. The summed E-state index contributed by atoms with van der Waals surface area (Å²) in [5, 5.41) is 9.59. The summed E-state index contributed by atoms with van der Waals surface area (Å²) >= 11 is 0. The topological polar surface area (TPSA) is 43.8 Å². The van der Waals surface area contributed by atoms with Crippen molar-refractivity contribution in [3.8, 4) is 5.75 Å². The zero-order valence-electron chi connectivity index (χ0n) is 16.0. The van der Waals surface area contributed by atoms with E-state index in [0.717, 1.165) is 38.0 Å². The maximum atomic E-state index is 12.7. The smallest absolute Gasteiger partial charge is 0.226 e. The highest BCUT2D eigenvalue weighted by Crippen LogP contribution is 2.43. The number of phenols is 1. The largest absolute Gasteiger partial charge is 0.508 e. The lowest BCUT2D eigenvalue weighted by molar-refractivity contribution is -0.132. The molecule has 1 unspecified atom stereocenters. The van der Waals surface area contributed by atoms with Gasteiger partial charge in [0.1, 0.15) is 5.75 Å². The summed E-state index contributed by atoms with van der Waals surface area (Å²) < 4.78 is 0. The highest BCUT2D eigenvalue weighted by molar-refractivity contribution is 5.79. The van der Waals surface area contributed by atoms with Gasteiger partial charge in [-0.25, -0.2) is 0 Å². The first-order chi connectivity index (χ1) is 13.1.